The first-order valence-electron chi connectivity index (χ1n) is 8.59. The van der Waals surface area contributed by atoms with E-state index in [0.717, 1.165) is 6.54 Å². The van der Waals surface area contributed by atoms with Gasteiger partial charge in [-0.25, -0.2) is 4.98 Å². The molecule has 122 valence electrons. The molecule has 2 fully saturated rings. The summed E-state index contributed by atoms with van der Waals surface area (Å²) in [5.74, 6) is 0.446. The molecule has 1 N–H and O–H groups in total. The van der Waals surface area contributed by atoms with Gasteiger partial charge < -0.3 is 14.6 Å². The Morgan fingerprint density at radius 1 is 1.27 bits per heavy atom. The van der Waals surface area contributed by atoms with Crippen LogP contribution in [0.3, 0.4) is 0 Å². The van der Waals surface area contributed by atoms with E-state index in [1.54, 1.807) is 6.92 Å². The topological polar surface area (TPSA) is 58.4 Å². The number of carbonyl (C=O) groups is 1. The van der Waals surface area contributed by atoms with Crippen LogP contribution in [0.4, 0.5) is 0 Å². The SMILES string of the molecule is Cc1ocnc1C(=O)NCCN1CCC2(CCCCC2)CC1. The number of piperidine rings is 1. The van der Waals surface area contributed by atoms with E-state index in [9.17, 15) is 4.79 Å². The summed E-state index contributed by atoms with van der Waals surface area (Å²) >= 11 is 0. The highest BCUT2D eigenvalue weighted by Gasteiger charge is 2.35. The van der Waals surface area contributed by atoms with Gasteiger partial charge in [-0.05, 0) is 51.1 Å². The minimum Gasteiger partial charge on any atom is -0.448 e. The van der Waals surface area contributed by atoms with Crippen LogP contribution in [0.5, 0.6) is 0 Å². The average Bonchev–Trinajstić information content (AvgIpc) is 2.96. The molecule has 1 saturated carbocycles. The van der Waals surface area contributed by atoms with Gasteiger partial charge in [0.15, 0.2) is 12.1 Å². The van der Waals surface area contributed by atoms with Crippen molar-refractivity contribution in [3.05, 3.63) is 17.8 Å². The minimum atomic E-state index is -0.132. The zero-order chi connectivity index (χ0) is 15.4. The van der Waals surface area contributed by atoms with E-state index < -0.39 is 0 Å². The number of nitrogens with zero attached hydrogens (tertiary/aromatic N) is 2. The molecule has 0 unspecified atom stereocenters. The molecule has 2 aliphatic rings. The highest BCUT2D eigenvalue weighted by atomic mass is 16.3. The molecule has 0 bridgehead atoms. The fourth-order valence-corrected chi connectivity index (χ4v) is 3.99. The lowest BCUT2D eigenvalue weighted by atomic mass is 9.68. The first kappa shape index (κ1) is 15.5. The largest absolute Gasteiger partial charge is 0.448 e. The molecule has 1 amide bonds. The number of aryl methyl sites for hydroxylation is 1. The third-order valence-electron chi connectivity index (χ3n) is 5.50. The Kier molecular flexibility index (Phi) is 4.81. The zero-order valence-electron chi connectivity index (χ0n) is 13.6. The number of carbonyl (C=O) groups excluding carboxylic acids is 1. The van der Waals surface area contributed by atoms with E-state index in [-0.39, 0.29) is 5.91 Å². The quantitative estimate of drug-likeness (QED) is 0.929. The Balaban J connectivity index is 1.38. The molecule has 1 aromatic heterocycles. The van der Waals surface area contributed by atoms with Crippen molar-refractivity contribution in [3.8, 4) is 0 Å². The molecule has 2 heterocycles. The van der Waals surface area contributed by atoms with Gasteiger partial charge >= 0.3 is 0 Å². The van der Waals surface area contributed by atoms with Crippen molar-refractivity contribution in [2.75, 3.05) is 26.2 Å². The summed E-state index contributed by atoms with van der Waals surface area (Å²) in [5, 5.41) is 2.94. The van der Waals surface area contributed by atoms with Crippen LogP contribution in [0.2, 0.25) is 0 Å². The monoisotopic (exact) mass is 305 g/mol. The van der Waals surface area contributed by atoms with Crippen LogP contribution in [0.1, 0.15) is 61.2 Å². The first-order valence-corrected chi connectivity index (χ1v) is 8.59. The van der Waals surface area contributed by atoms with Gasteiger partial charge in [0, 0.05) is 13.1 Å². The lowest BCUT2D eigenvalue weighted by molar-refractivity contribution is 0.0672. The Hall–Kier alpha value is -1.36. The van der Waals surface area contributed by atoms with E-state index in [2.05, 4.69) is 15.2 Å². The van der Waals surface area contributed by atoms with Crippen LogP contribution in [0, 0.1) is 12.3 Å². The Labute approximate surface area is 132 Å². The summed E-state index contributed by atoms with van der Waals surface area (Å²) in [6, 6.07) is 0. The van der Waals surface area contributed by atoms with E-state index in [0.29, 0.717) is 23.4 Å². The number of likely N-dealkylation sites (tertiary alicyclic amines) is 1. The Bertz CT molecular complexity index is 496. The van der Waals surface area contributed by atoms with Gasteiger partial charge in [0.1, 0.15) is 5.76 Å². The van der Waals surface area contributed by atoms with Gasteiger partial charge in [-0.1, -0.05) is 19.3 Å². The maximum atomic E-state index is 12.0. The van der Waals surface area contributed by atoms with Crippen molar-refractivity contribution < 1.29 is 9.21 Å². The molecule has 1 aliphatic heterocycles. The fourth-order valence-electron chi connectivity index (χ4n) is 3.99. The maximum Gasteiger partial charge on any atom is 0.273 e. The molecule has 3 rings (SSSR count). The summed E-state index contributed by atoms with van der Waals surface area (Å²) < 4.78 is 5.06. The van der Waals surface area contributed by atoms with Crippen molar-refractivity contribution in [1.29, 1.82) is 0 Å². The van der Waals surface area contributed by atoms with Crippen LogP contribution in [0.15, 0.2) is 10.8 Å². The number of amides is 1. The highest BCUT2D eigenvalue weighted by molar-refractivity contribution is 5.92. The lowest BCUT2D eigenvalue weighted by Gasteiger charge is -2.44. The van der Waals surface area contributed by atoms with Gasteiger partial charge in [0.05, 0.1) is 0 Å². The van der Waals surface area contributed by atoms with Crippen molar-refractivity contribution in [3.63, 3.8) is 0 Å². The summed E-state index contributed by atoms with van der Waals surface area (Å²) in [7, 11) is 0. The Morgan fingerprint density at radius 2 is 2.00 bits per heavy atom. The van der Waals surface area contributed by atoms with Crippen molar-refractivity contribution >= 4 is 5.91 Å². The first-order chi connectivity index (χ1) is 10.7. The molecule has 1 spiro atoms. The number of oxazole rings is 1. The van der Waals surface area contributed by atoms with E-state index >= 15 is 0 Å². The van der Waals surface area contributed by atoms with Crippen LogP contribution < -0.4 is 5.32 Å². The van der Waals surface area contributed by atoms with Gasteiger partial charge in [0.25, 0.3) is 5.91 Å². The fraction of sp³-hybridized carbons (Fsp3) is 0.765. The van der Waals surface area contributed by atoms with E-state index in [1.165, 1.54) is 64.4 Å². The predicted octanol–water partition coefficient (Wildman–Crippen LogP) is 2.76. The second-order valence-corrected chi connectivity index (χ2v) is 6.92. The molecule has 1 aromatic rings. The summed E-state index contributed by atoms with van der Waals surface area (Å²) in [4.78, 5) is 18.4. The molecule has 0 aromatic carbocycles. The minimum absolute atomic E-state index is 0.132. The number of aromatic nitrogens is 1. The van der Waals surface area contributed by atoms with Gasteiger partial charge in [-0.3, -0.25) is 4.79 Å². The van der Waals surface area contributed by atoms with Crippen LogP contribution in [0.25, 0.3) is 0 Å². The predicted molar refractivity (Wildman–Crippen MR) is 84.8 cm³/mol. The number of nitrogens with one attached hydrogen (secondary N) is 1. The van der Waals surface area contributed by atoms with E-state index in [4.69, 9.17) is 4.42 Å². The zero-order valence-corrected chi connectivity index (χ0v) is 13.6. The molecule has 5 nitrogen and oxygen atoms in total. The summed E-state index contributed by atoms with van der Waals surface area (Å²) in [6.45, 7) is 5.73. The molecule has 22 heavy (non-hydrogen) atoms. The van der Waals surface area contributed by atoms with E-state index in [1.807, 2.05) is 0 Å². The summed E-state index contributed by atoms with van der Waals surface area (Å²) in [5.41, 5.74) is 1.05. The molecule has 1 aliphatic carbocycles. The molecular weight excluding hydrogens is 278 g/mol. The highest BCUT2D eigenvalue weighted by Crippen LogP contribution is 2.44. The van der Waals surface area contributed by atoms with Gasteiger partial charge in [-0.15, -0.1) is 0 Å². The van der Waals surface area contributed by atoms with Crippen LogP contribution in [-0.2, 0) is 0 Å². The van der Waals surface area contributed by atoms with Crippen molar-refractivity contribution in [2.24, 2.45) is 5.41 Å². The van der Waals surface area contributed by atoms with Gasteiger partial charge in [-0.2, -0.15) is 0 Å². The third kappa shape index (κ3) is 3.51. The molecule has 0 radical (unpaired) electrons. The van der Waals surface area contributed by atoms with Gasteiger partial charge in [0.2, 0.25) is 0 Å². The van der Waals surface area contributed by atoms with Crippen LogP contribution >= 0.6 is 0 Å². The van der Waals surface area contributed by atoms with Crippen molar-refractivity contribution in [2.45, 2.75) is 51.9 Å². The number of rotatable bonds is 4. The maximum absolute atomic E-state index is 12.0. The second-order valence-electron chi connectivity index (χ2n) is 6.92. The molecule has 0 atom stereocenters. The third-order valence-corrected chi connectivity index (χ3v) is 5.50. The lowest BCUT2D eigenvalue weighted by Crippen LogP contribution is -2.44. The van der Waals surface area contributed by atoms with Crippen LogP contribution in [-0.4, -0.2) is 42.0 Å². The molecule has 1 saturated heterocycles. The Morgan fingerprint density at radius 3 is 2.64 bits per heavy atom. The molecule has 5 heteroatoms. The smallest absolute Gasteiger partial charge is 0.273 e. The molecular formula is C17H27N3O2. The summed E-state index contributed by atoms with van der Waals surface area (Å²) in [6.07, 6.45) is 11.1. The normalized spacial score (nSPS) is 21.9. The van der Waals surface area contributed by atoms with Crippen molar-refractivity contribution in [1.82, 2.24) is 15.2 Å². The average molecular weight is 305 g/mol. The number of hydrogen-bond donors (Lipinski definition) is 1. The standard InChI is InChI=1S/C17H27N3O2/c1-14-15(19-13-22-14)16(21)18-9-12-20-10-7-17(8-11-20)5-3-2-4-6-17/h13H,2-12H2,1H3,(H,18,21). The number of hydrogen-bond acceptors (Lipinski definition) is 4. The second kappa shape index (κ2) is 6.82.